The zero-order chi connectivity index (χ0) is 21.7. The first-order chi connectivity index (χ1) is 14.1. The molecule has 4 rings (SSSR count). The summed E-state index contributed by atoms with van der Waals surface area (Å²) in [5, 5.41) is 0. The van der Waals surface area contributed by atoms with Gasteiger partial charge >= 0.3 is 0 Å². The molecule has 4 N–H and O–H groups in total. The summed E-state index contributed by atoms with van der Waals surface area (Å²) in [6, 6.07) is 3.61. The SMILES string of the molecule is Cc1ncccc1Sc1c(N)nc(N2CCC3(CC2)CC(C)(F)C[C@H]3N)n(C)c1=O. The predicted molar refractivity (Wildman–Crippen MR) is 118 cm³/mol. The molecular formula is C21H29FN6OS. The van der Waals surface area contributed by atoms with Gasteiger partial charge in [-0.2, -0.15) is 4.98 Å². The Hall–Kier alpha value is -2.13. The number of nitrogens with two attached hydrogens (primary N) is 2. The molecule has 2 fully saturated rings. The van der Waals surface area contributed by atoms with Crippen molar-refractivity contribution in [1.29, 1.82) is 0 Å². The minimum atomic E-state index is -1.19. The Morgan fingerprint density at radius 3 is 2.63 bits per heavy atom. The average Bonchev–Trinajstić information content (AvgIpc) is 2.91. The molecule has 2 aromatic rings. The number of pyridine rings is 1. The van der Waals surface area contributed by atoms with E-state index in [0.717, 1.165) is 23.4 Å². The summed E-state index contributed by atoms with van der Waals surface area (Å²) in [5.74, 6) is 0.768. The molecule has 0 bridgehead atoms. The minimum absolute atomic E-state index is 0.127. The Labute approximate surface area is 180 Å². The van der Waals surface area contributed by atoms with Gasteiger partial charge < -0.3 is 16.4 Å². The highest BCUT2D eigenvalue weighted by Crippen LogP contribution is 2.51. The lowest BCUT2D eigenvalue weighted by Gasteiger charge is -2.42. The van der Waals surface area contributed by atoms with Gasteiger partial charge in [0, 0.05) is 37.3 Å². The quantitative estimate of drug-likeness (QED) is 0.768. The molecule has 162 valence electrons. The Morgan fingerprint density at radius 1 is 1.33 bits per heavy atom. The Balaban J connectivity index is 1.57. The van der Waals surface area contributed by atoms with Crippen molar-refractivity contribution in [2.24, 2.45) is 18.2 Å². The van der Waals surface area contributed by atoms with E-state index in [9.17, 15) is 9.18 Å². The monoisotopic (exact) mass is 432 g/mol. The van der Waals surface area contributed by atoms with E-state index in [2.05, 4.69) is 14.9 Å². The topological polar surface area (TPSA) is 103 Å². The number of nitrogens with zero attached hydrogens (tertiary/aromatic N) is 4. The Kier molecular flexibility index (Phi) is 5.30. The summed E-state index contributed by atoms with van der Waals surface area (Å²) in [5.41, 5.74) is 11.8. The van der Waals surface area contributed by atoms with Gasteiger partial charge in [-0.1, -0.05) is 11.8 Å². The number of aryl methyl sites for hydroxylation is 1. The van der Waals surface area contributed by atoms with E-state index < -0.39 is 5.67 Å². The molecule has 1 saturated carbocycles. The molecule has 1 aliphatic heterocycles. The van der Waals surface area contributed by atoms with Crippen molar-refractivity contribution in [1.82, 2.24) is 14.5 Å². The van der Waals surface area contributed by atoms with Gasteiger partial charge in [0.05, 0.1) is 5.69 Å². The molecule has 0 amide bonds. The third-order valence-electron chi connectivity index (χ3n) is 6.62. The lowest BCUT2D eigenvalue weighted by molar-refractivity contribution is 0.142. The molecule has 1 aliphatic carbocycles. The average molecular weight is 433 g/mol. The summed E-state index contributed by atoms with van der Waals surface area (Å²) >= 11 is 1.29. The largest absolute Gasteiger partial charge is 0.382 e. The maximum atomic E-state index is 14.6. The second-order valence-electron chi connectivity index (χ2n) is 8.93. The number of hydrogen-bond acceptors (Lipinski definition) is 7. The highest BCUT2D eigenvalue weighted by atomic mass is 32.2. The van der Waals surface area contributed by atoms with Crippen LogP contribution in [0.5, 0.6) is 0 Å². The van der Waals surface area contributed by atoms with E-state index in [0.29, 0.717) is 36.8 Å². The molecular weight excluding hydrogens is 403 g/mol. The third-order valence-corrected chi connectivity index (χ3v) is 7.86. The Bertz CT molecular complexity index is 1020. The first kappa shape index (κ1) is 21.1. The minimum Gasteiger partial charge on any atom is -0.382 e. The number of alkyl halides is 1. The summed E-state index contributed by atoms with van der Waals surface area (Å²) in [4.78, 5) is 25.2. The lowest BCUT2D eigenvalue weighted by atomic mass is 9.74. The molecule has 3 heterocycles. The van der Waals surface area contributed by atoms with Crippen LogP contribution in [0.15, 0.2) is 32.9 Å². The number of anilines is 2. The fourth-order valence-electron chi connectivity index (χ4n) is 4.96. The molecule has 2 atom stereocenters. The third kappa shape index (κ3) is 3.69. The second kappa shape index (κ2) is 7.53. The van der Waals surface area contributed by atoms with Crippen LogP contribution in [0.2, 0.25) is 0 Å². The van der Waals surface area contributed by atoms with Crippen LogP contribution in [0.3, 0.4) is 0 Å². The fourth-order valence-corrected chi connectivity index (χ4v) is 5.91. The molecule has 30 heavy (non-hydrogen) atoms. The van der Waals surface area contributed by atoms with Gasteiger partial charge in [0.15, 0.2) is 0 Å². The molecule has 2 aromatic heterocycles. The van der Waals surface area contributed by atoms with Gasteiger partial charge in [0.25, 0.3) is 5.56 Å². The van der Waals surface area contributed by atoms with E-state index in [1.54, 1.807) is 24.7 Å². The molecule has 0 aromatic carbocycles. The molecule has 0 radical (unpaired) electrons. The van der Waals surface area contributed by atoms with Gasteiger partial charge in [-0.05, 0) is 57.1 Å². The van der Waals surface area contributed by atoms with Gasteiger partial charge in [-0.3, -0.25) is 14.3 Å². The molecule has 7 nitrogen and oxygen atoms in total. The first-order valence-corrected chi connectivity index (χ1v) is 11.1. The number of aromatic nitrogens is 3. The summed E-state index contributed by atoms with van der Waals surface area (Å²) in [6.07, 6.45) is 4.21. The van der Waals surface area contributed by atoms with E-state index >= 15 is 0 Å². The van der Waals surface area contributed by atoms with E-state index in [-0.39, 0.29) is 22.8 Å². The first-order valence-electron chi connectivity index (χ1n) is 10.3. The number of halogens is 1. The number of nitrogen functional groups attached to an aromatic ring is 1. The molecule has 1 spiro atoms. The molecule has 2 aliphatic rings. The van der Waals surface area contributed by atoms with Crippen molar-refractivity contribution in [3.05, 3.63) is 34.4 Å². The van der Waals surface area contributed by atoms with Crippen LogP contribution in [0, 0.1) is 12.3 Å². The Morgan fingerprint density at radius 2 is 2.03 bits per heavy atom. The van der Waals surface area contributed by atoms with E-state index in [4.69, 9.17) is 11.5 Å². The summed E-state index contributed by atoms with van der Waals surface area (Å²) < 4.78 is 16.1. The van der Waals surface area contributed by atoms with Crippen LogP contribution in [0.1, 0.15) is 38.3 Å². The predicted octanol–water partition coefficient (Wildman–Crippen LogP) is 2.65. The number of hydrogen-bond donors (Lipinski definition) is 2. The van der Waals surface area contributed by atoms with Crippen LogP contribution in [-0.2, 0) is 7.05 Å². The fraction of sp³-hybridized carbons (Fsp3) is 0.571. The number of rotatable bonds is 3. The second-order valence-corrected chi connectivity index (χ2v) is 9.98. The smallest absolute Gasteiger partial charge is 0.270 e. The van der Waals surface area contributed by atoms with Crippen LogP contribution >= 0.6 is 11.8 Å². The molecule has 1 unspecified atom stereocenters. The van der Waals surface area contributed by atoms with Gasteiger partial charge in [-0.15, -0.1) is 0 Å². The van der Waals surface area contributed by atoms with Crippen molar-refractivity contribution < 1.29 is 4.39 Å². The van der Waals surface area contributed by atoms with Crippen LogP contribution in [0.25, 0.3) is 0 Å². The van der Waals surface area contributed by atoms with Crippen molar-refractivity contribution in [3.63, 3.8) is 0 Å². The van der Waals surface area contributed by atoms with Crippen molar-refractivity contribution in [2.75, 3.05) is 23.7 Å². The highest BCUT2D eigenvalue weighted by molar-refractivity contribution is 7.99. The molecule has 1 saturated heterocycles. The number of piperidine rings is 1. The zero-order valence-corrected chi connectivity index (χ0v) is 18.5. The summed E-state index contributed by atoms with van der Waals surface area (Å²) in [6.45, 7) is 4.90. The standard InChI is InChI=1S/C21H29FN6OS/c1-13-14(5-4-8-25-13)30-16-17(24)26-19(27(3)18(16)29)28-9-6-21(7-10-28)12-20(2,22)11-15(21)23/h4-5,8,15H,6-7,9-12,23-24H2,1-3H3/t15-,20?/m1/s1. The normalized spacial score (nSPS) is 25.8. The zero-order valence-electron chi connectivity index (χ0n) is 17.7. The van der Waals surface area contributed by atoms with Crippen LogP contribution < -0.4 is 21.9 Å². The lowest BCUT2D eigenvalue weighted by Crippen LogP contribution is -2.48. The van der Waals surface area contributed by atoms with Gasteiger partial charge in [-0.25, -0.2) is 4.39 Å². The van der Waals surface area contributed by atoms with Crippen LogP contribution in [-0.4, -0.2) is 39.3 Å². The van der Waals surface area contributed by atoms with Crippen molar-refractivity contribution in [2.45, 2.75) is 61.0 Å². The van der Waals surface area contributed by atoms with E-state index in [1.165, 1.54) is 11.8 Å². The van der Waals surface area contributed by atoms with Crippen molar-refractivity contribution >= 4 is 23.5 Å². The van der Waals surface area contributed by atoms with Crippen molar-refractivity contribution in [3.8, 4) is 0 Å². The maximum Gasteiger partial charge on any atom is 0.270 e. The summed E-state index contributed by atoms with van der Waals surface area (Å²) in [7, 11) is 1.72. The maximum absolute atomic E-state index is 14.6. The van der Waals surface area contributed by atoms with Gasteiger partial charge in [0.1, 0.15) is 16.4 Å². The van der Waals surface area contributed by atoms with E-state index in [1.807, 2.05) is 19.1 Å². The molecule has 9 heteroatoms. The highest BCUT2D eigenvalue weighted by Gasteiger charge is 2.52. The van der Waals surface area contributed by atoms with Gasteiger partial charge in [0.2, 0.25) is 5.95 Å². The van der Waals surface area contributed by atoms with Crippen LogP contribution in [0.4, 0.5) is 16.2 Å².